The van der Waals surface area contributed by atoms with Crippen molar-refractivity contribution in [1.29, 1.82) is 0 Å². The lowest BCUT2D eigenvalue weighted by atomic mass is 10.0. The van der Waals surface area contributed by atoms with Crippen LogP contribution in [0, 0.1) is 5.92 Å². The molecule has 0 spiro atoms. The van der Waals surface area contributed by atoms with Crippen LogP contribution in [0.2, 0.25) is 0 Å². The molecule has 0 aliphatic heterocycles. The summed E-state index contributed by atoms with van der Waals surface area (Å²) in [7, 11) is 1.34. The molecule has 0 aromatic rings. The highest BCUT2D eigenvalue weighted by atomic mass is 16.5. The Labute approximate surface area is 127 Å². The van der Waals surface area contributed by atoms with Crippen molar-refractivity contribution in [3.8, 4) is 0 Å². The first-order chi connectivity index (χ1) is 9.51. The van der Waals surface area contributed by atoms with Gasteiger partial charge in [0.15, 0.2) is 0 Å². The van der Waals surface area contributed by atoms with E-state index in [9.17, 15) is 4.79 Å². The molecule has 1 aliphatic carbocycles. The van der Waals surface area contributed by atoms with Gasteiger partial charge in [0, 0.05) is 0 Å². The molecule has 0 aromatic heterocycles. The predicted molar refractivity (Wildman–Crippen MR) is 89.8 cm³/mol. The Morgan fingerprint density at radius 2 is 1.25 bits per heavy atom. The molecule has 0 bridgehead atoms. The molecule has 124 valence electrons. The highest BCUT2D eigenvalue weighted by Gasteiger charge is 2.16. The summed E-state index contributed by atoms with van der Waals surface area (Å²) in [6.07, 6.45) is 10.2. The Bertz CT molecular complexity index is 166. The highest BCUT2D eigenvalue weighted by Crippen LogP contribution is 2.15. The van der Waals surface area contributed by atoms with Gasteiger partial charge in [0.25, 0.3) is 0 Å². The zero-order valence-corrected chi connectivity index (χ0v) is 15.0. The fourth-order valence-electron chi connectivity index (χ4n) is 1.47. The minimum absolute atomic E-state index is 0.150. The lowest BCUT2D eigenvalue weighted by Crippen LogP contribution is -2.36. The van der Waals surface area contributed by atoms with Crippen LogP contribution in [0.1, 0.15) is 86.5 Å². The largest absolute Gasteiger partial charge is 0.468 e. The molecule has 20 heavy (non-hydrogen) atoms. The lowest BCUT2D eigenvalue weighted by molar-refractivity contribution is -0.143. The third-order valence-corrected chi connectivity index (χ3v) is 2.69. The van der Waals surface area contributed by atoms with Gasteiger partial charge in [0.05, 0.1) is 7.11 Å². The Hall–Kier alpha value is -0.570. The molecule has 1 atom stereocenters. The minimum atomic E-state index is -0.477. The molecule has 3 nitrogen and oxygen atoms in total. The molecule has 1 aliphatic rings. The summed E-state index contributed by atoms with van der Waals surface area (Å²) in [6.45, 7) is 12.0. The van der Waals surface area contributed by atoms with Gasteiger partial charge in [-0.25, -0.2) is 0 Å². The van der Waals surface area contributed by atoms with Crippen LogP contribution in [0.5, 0.6) is 0 Å². The van der Waals surface area contributed by atoms with Crippen molar-refractivity contribution in [3.05, 3.63) is 0 Å². The summed E-state index contributed by atoms with van der Waals surface area (Å²) in [4.78, 5) is 10.6. The van der Waals surface area contributed by atoms with Crippen molar-refractivity contribution in [1.82, 2.24) is 0 Å². The fraction of sp³-hybridized carbons (Fsp3) is 0.941. The Morgan fingerprint density at radius 1 is 1.00 bits per heavy atom. The Balaban J connectivity index is -0.000000226. The predicted octanol–water partition coefficient (Wildman–Crippen LogP) is 4.93. The summed E-state index contributed by atoms with van der Waals surface area (Å²) in [5.41, 5.74) is 5.40. The van der Waals surface area contributed by atoms with E-state index < -0.39 is 6.04 Å². The third-order valence-electron chi connectivity index (χ3n) is 2.69. The molecular formula is C17H39NO2. The van der Waals surface area contributed by atoms with Crippen molar-refractivity contribution < 1.29 is 9.53 Å². The summed E-state index contributed by atoms with van der Waals surface area (Å²) >= 11 is 0. The van der Waals surface area contributed by atoms with Gasteiger partial charge in [-0.05, 0) is 5.92 Å². The molecule has 2 N–H and O–H groups in total. The van der Waals surface area contributed by atoms with E-state index in [-0.39, 0.29) is 11.9 Å². The standard InChI is InChI=1S/C6H13NO2.C6H12.C3H8.C2H6/c1-4(2)5(7)6(8)9-3;1-2-4-6-5-3-1;1-3-2;1-2/h4-5H,7H2,1-3H3;1-6H2;3H2,1-2H3;1-2H3. The summed E-state index contributed by atoms with van der Waals surface area (Å²) in [5, 5.41) is 0. The molecule has 0 saturated heterocycles. The number of hydrogen-bond donors (Lipinski definition) is 1. The van der Waals surface area contributed by atoms with Crippen LogP contribution in [-0.4, -0.2) is 19.1 Å². The topological polar surface area (TPSA) is 52.3 Å². The first-order valence-corrected chi connectivity index (χ1v) is 8.34. The van der Waals surface area contributed by atoms with E-state index in [1.165, 1.54) is 52.1 Å². The molecule has 1 rings (SSSR count). The molecule has 1 fully saturated rings. The smallest absolute Gasteiger partial charge is 0.322 e. The summed E-state index contributed by atoms with van der Waals surface area (Å²) < 4.78 is 4.41. The normalized spacial score (nSPS) is 14.4. The van der Waals surface area contributed by atoms with E-state index in [1.54, 1.807) is 0 Å². The monoisotopic (exact) mass is 289 g/mol. The van der Waals surface area contributed by atoms with E-state index >= 15 is 0 Å². The van der Waals surface area contributed by atoms with Crippen molar-refractivity contribution in [3.63, 3.8) is 0 Å². The maximum atomic E-state index is 10.6. The molecule has 0 amide bonds. The maximum absolute atomic E-state index is 10.6. The van der Waals surface area contributed by atoms with Gasteiger partial charge in [-0.15, -0.1) is 0 Å². The second-order valence-corrected chi connectivity index (χ2v) is 5.12. The number of methoxy groups -OCH3 is 1. The van der Waals surface area contributed by atoms with Gasteiger partial charge in [-0.2, -0.15) is 0 Å². The van der Waals surface area contributed by atoms with Crippen LogP contribution in [-0.2, 0) is 9.53 Å². The minimum Gasteiger partial charge on any atom is -0.468 e. The van der Waals surface area contributed by atoms with Crippen molar-refractivity contribution >= 4 is 5.97 Å². The van der Waals surface area contributed by atoms with Crippen LogP contribution in [0.25, 0.3) is 0 Å². The number of hydrogen-bond acceptors (Lipinski definition) is 3. The lowest BCUT2D eigenvalue weighted by Gasteiger charge is -2.11. The van der Waals surface area contributed by atoms with Gasteiger partial charge >= 0.3 is 5.97 Å². The van der Waals surface area contributed by atoms with Gasteiger partial charge in [0.1, 0.15) is 6.04 Å². The van der Waals surface area contributed by atoms with Crippen LogP contribution in [0.15, 0.2) is 0 Å². The van der Waals surface area contributed by atoms with E-state index in [4.69, 9.17) is 5.73 Å². The molecule has 1 unspecified atom stereocenters. The Morgan fingerprint density at radius 3 is 1.35 bits per heavy atom. The summed E-state index contributed by atoms with van der Waals surface area (Å²) in [5.74, 6) is -0.192. The van der Waals surface area contributed by atoms with Crippen molar-refractivity contribution in [2.45, 2.75) is 92.5 Å². The summed E-state index contributed by atoms with van der Waals surface area (Å²) in [6, 6.07) is -0.477. The maximum Gasteiger partial charge on any atom is 0.322 e. The van der Waals surface area contributed by atoms with E-state index in [0.717, 1.165) is 0 Å². The van der Waals surface area contributed by atoms with Crippen LogP contribution in [0.4, 0.5) is 0 Å². The highest BCUT2D eigenvalue weighted by molar-refractivity contribution is 5.75. The third kappa shape index (κ3) is 19.8. The van der Waals surface area contributed by atoms with E-state index in [1.807, 2.05) is 27.7 Å². The quantitative estimate of drug-likeness (QED) is 0.734. The molecule has 0 radical (unpaired) electrons. The van der Waals surface area contributed by atoms with Crippen molar-refractivity contribution in [2.24, 2.45) is 11.7 Å². The SMILES string of the molecule is C1CCCCC1.CC.CCC.COC(=O)C(N)C(C)C. The zero-order valence-electron chi connectivity index (χ0n) is 15.0. The van der Waals surface area contributed by atoms with E-state index in [2.05, 4.69) is 18.6 Å². The molecular weight excluding hydrogens is 250 g/mol. The van der Waals surface area contributed by atoms with Gasteiger partial charge in [-0.1, -0.05) is 86.5 Å². The molecule has 3 heteroatoms. The van der Waals surface area contributed by atoms with Crippen LogP contribution >= 0.6 is 0 Å². The fourth-order valence-corrected chi connectivity index (χ4v) is 1.47. The van der Waals surface area contributed by atoms with Crippen LogP contribution in [0.3, 0.4) is 0 Å². The second-order valence-electron chi connectivity index (χ2n) is 5.12. The first kappa shape index (κ1) is 24.4. The molecule has 1 saturated carbocycles. The van der Waals surface area contributed by atoms with Crippen LogP contribution < -0.4 is 5.73 Å². The second kappa shape index (κ2) is 20.7. The zero-order chi connectivity index (χ0) is 16.4. The average molecular weight is 290 g/mol. The number of carbonyl (C=O) groups is 1. The molecule has 0 aromatic carbocycles. The van der Waals surface area contributed by atoms with Gasteiger partial charge < -0.3 is 10.5 Å². The van der Waals surface area contributed by atoms with E-state index in [0.29, 0.717) is 0 Å². The average Bonchev–Trinajstić information content (AvgIpc) is 2.50. The van der Waals surface area contributed by atoms with Crippen molar-refractivity contribution in [2.75, 3.05) is 7.11 Å². The number of rotatable bonds is 2. The number of nitrogens with two attached hydrogens (primary N) is 1. The van der Waals surface area contributed by atoms with Gasteiger partial charge in [0.2, 0.25) is 0 Å². The Kier molecular flexibility index (Phi) is 25.4. The number of ether oxygens (including phenoxy) is 1. The first-order valence-electron chi connectivity index (χ1n) is 8.34. The molecule has 0 heterocycles. The number of carbonyl (C=O) groups excluding carboxylic acids is 1. The number of esters is 1. The van der Waals surface area contributed by atoms with Gasteiger partial charge in [-0.3, -0.25) is 4.79 Å².